The summed E-state index contributed by atoms with van der Waals surface area (Å²) < 4.78 is 42.1. The average Bonchev–Trinajstić information content (AvgIpc) is 3.62. The standard InChI is InChI=1S/C25H24F2N6O2/c1-13-14(2)30-25-23(29-13)22(19-6-3-17(26)8-20(19)27)31-24(32-25)15-7-21(35-12-34-11-15)16-9-28-33(10-16)18-4-5-18/h3,6,8-10,15,18,21H,4-5,7,11-12H2,1-2H3/t15-,21+/m0/s1. The van der Waals surface area contributed by atoms with Gasteiger partial charge in [-0.15, -0.1) is 0 Å². The summed E-state index contributed by atoms with van der Waals surface area (Å²) >= 11 is 0. The number of fused-ring (bicyclic) bond motifs is 1. The van der Waals surface area contributed by atoms with E-state index in [2.05, 4.69) is 15.1 Å². The Hall–Kier alpha value is -3.37. The van der Waals surface area contributed by atoms with E-state index in [4.69, 9.17) is 19.4 Å². The minimum absolute atomic E-state index is 0.140. The lowest BCUT2D eigenvalue weighted by Crippen LogP contribution is -2.14. The number of hydrogen-bond acceptors (Lipinski definition) is 7. The minimum atomic E-state index is -0.721. The number of hydrogen-bond donors (Lipinski definition) is 0. The fourth-order valence-electron chi connectivity index (χ4n) is 4.37. The highest BCUT2D eigenvalue weighted by Crippen LogP contribution is 2.38. The van der Waals surface area contributed by atoms with Gasteiger partial charge >= 0.3 is 0 Å². The molecule has 0 amide bonds. The first-order valence-corrected chi connectivity index (χ1v) is 11.7. The van der Waals surface area contributed by atoms with E-state index >= 15 is 0 Å². The summed E-state index contributed by atoms with van der Waals surface area (Å²) in [6, 6.07) is 3.89. The van der Waals surface area contributed by atoms with Crippen molar-refractivity contribution in [2.75, 3.05) is 13.4 Å². The smallest absolute Gasteiger partial charge is 0.182 e. The van der Waals surface area contributed by atoms with E-state index in [-0.39, 0.29) is 30.1 Å². The van der Waals surface area contributed by atoms with Gasteiger partial charge in [0.2, 0.25) is 0 Å². The molecule has 35 heavy (non-hydrogen) atoms. The van der Waals surface area contributed by atoms with Gasteiger partial charge in [-0.05, 0) is 45.2 Å². The molecule has 4 aromatic rings. The van der Waals surface area contributed by atoms with Crippen molar-refractivity contribution < 1.29 is 18.3 Å². The molecule has 1 saturated heterocycles. The zero-order chi connectivity index (χ0) is 24.1. The van der Waals surface area contributed by atoms with Crippen LogP contribution in [0.3, 0.4) is 0 Å². The number of ether oxygens (including phenoxy) is 2. The Morgan fingerprint density at radius 3 is 2.66 bits per heavy atom. The van der Waals surface area contributed by atoms with E-state index in [1.807, 2.05) is 30.9 Å². The van der Waals surface area contributed by atoms with Gasteiger partial charge in [-0.3, -0.25) is 4.68 Å². The van der Waals surface area contributed by atoms with Crippen LogP contribution in [-0.4, -0.2) is 43.1 Å². The van der Waals surface area contributed by atoms with Gasteiger partial charge in [0.1, 0.15) is 35.5 Å². The molecule has 2 fully saturated rings. The molecule has 0 N–H and O–H groups in total. The van der Waals surface area contributed by atoms with E-state index in [0.717, 1.165) is 30.2 Å². The minimum Gasteiger partial charge on any atom is -0.355 e. The molecule has 2 aliphatic rings. The van der Waals surface area contributed by atoms with Crippen molar-refractivity contribution in [1.29, 1.82) is 0 Å². The highest BCUT2D eigenvalue weighted by molar-refractivity contribution is 5.87. The molecule has 1 saturated carbocycles. The van der Waals surface area contributed by atoms with Crippen LogP contribution in [0.1, 0.15) is 60.1 Å². The summed E-state index contributed by atoms with van der Waals surface area (Å²) in [5.74, 6) is -1.16. The average molecular weight is 479 g/mol. The first kappa shape index (κ1) is 22.1. The molecule has 2 atom stereocenters. The highest BCUT2D eigenvalue weighted by atomic mass is 19.1. The largest absolute Gasteiger partial charge is 0.355 e. The molecule has 0 unspecified atom stereocenters. The summed E-state index contributed by atoms with van der Waals surface area (Å²) in [7, 11) is 0. The normalized spacial score (nSPS) is 20.8. The van der Waals surface area contributed by atoms with Crippen LogP contribution in [0.15, 0.2) is 30.6 Å². The van der Waals surface area contributed by atoms with E-state index in [9.17, 15) is 8.78 Å². The predicted octanol–water partition coefficient (Wildman–Crippen LogP) is 4.73. The second-order valence-electron chi connectivity index (χ2n) is 9.18. The Labute approximate surface area is 200 Å². The van der Waals surface area contributed by atoms with Gasteiger partial charge < -0.3 is 9.47 Å². The molecule has 1 aliphatic heterocycles. The Bertz CT molecular complexity index is 1420. The summed E-state index contributed by atoms with van der Waals surface area (Å²) in [5, 5.41) is 4.49. The molecule has 1 aliphatic carbocycles. The Morgan fingerprint density at radius 2 is 1.86 bits per heavy atom. The first-order chi connectivity index (χ1) is 17.0. The summed E-state index contributed by atoms with van der Waals surface area (Å²) in [4.78, 5) is 18.6. The maximum absolute atomic E-state index is 14.8. The van der Waals surface area contributed by atoms with Crippen molar-refractivity contribution in [3.63, 3.8) is 0 Å². The molecule has 0 spiro atoms. The van der Waals surface area contributed by atoms with E-state index < -0.39 is 11.6 Å². The number of aromatic nitrogens is 6. The van der Waals surface area contributed by atoms with Crippen LogP contribution >= 0.6 is 0 Å². The van der Waals surface area contributed by atoms with Crippen molar-refractivity contribution in [1.82, 2.24) is 29.7 Å². The highest BCUT2D eigenvalue weighted by Gasteiger charge is 2.30. The molecule has 0 bridgehead atoms. The summed E-state index contributed by atoms with van der Waals surface area (Å²) in [6.45, 7) is 4.14. The zero-order valence-electron chi connectivity index (χ0n) is 19.4. The molecule has 8 nitrogen and oxygen atoms in total. The second kappa shape index (κ2) is 8.69. The van der Waals surface area contributed by atoms with Crippen molar-refractivity contribution in [3.05, 3.63) is 65.0 Å². The monoisotopic (exact) mass is 478 g/mol. The number of benzene rings is 1. The molecular formula is C25H24F2N6O2. The third-order valence-corrected chi connectivity index (χ3v) is 6.60. The third kappa shape index (κ3) is 4.28. The SMILES string of the molecule is Cc1nc2nc([C@@H]3COCO[C@@H](c4cnn(C5CC5)c4)C3)nc(-c3ccc(F)cc3F)c2nc1C. The Kier molecular flexibility index (Phi) is 5.49. The van der Waals surface area contributed by atoms with Crippen LogP contribution in [0, 0.1) is 25.5 Å². The van der Waals surface area contributed by atoms with Crippen LogP contribution in [0.2, 0.25) is 0 Å². The van der Waals surface area contributed by atoms with E-state index in [1.165, 1.54) is 12.1 Å². The molecule has 0 radical (unpaired) electrons. The molecular weight excluding hydrogens is 454 g/mol. The number of rotatable bonds is 4. The summed E-state index contributed by atoms with van der Waals surface area (Å²) in [6.07, 6.45) is 6.47. The molecule has 3 aromatic heterocycles. The molecule has 10 heteroatoms. The molecule has 180 valence electrons. The first-order valence-electron chi connectivity index (χ1n) is 11.7. The van der Waals surface area contributed by atoms with Gasteiger partial charge in [0.25, 0.3) is 0 Å². The Balaban J connectivity index is 1.43. The number of halogens is 2. The zero-order valence-corrected chi connectivity index (χ0v) is 19.4. The van der Waals surface area contributed by atoms with Crippen LogP contribution in [-0.2, 0) is 9.47 Å². The van der Waals surface area contributed by atoms with Crippen LogP contribution in [0.5, 0.6) is 0 Å². The van der Waals surface area contributed by atoms with Crippen molar-refractivity contribution in [3.8, 4) is 11.3 Å². The van der Waals surface area contributed by atoms with Crippen molar-refractivity contribution in [2.45, 2.75) is 51.2 Å². The van der Waals surface area contributed by atoms with E-state index in [0.29, 0.717) is 41.8 Å². The third-order valence-electron chi connectivity index (χ3n) is 6.60. The van der Waals surface area contributed by atoms with Crippen molar-refractivity contribution in [2.24, 2.45) is 0 Å². The van der Waals surface area contributed by atoms with Gasteiger partial charge in [0.05, 0.1) is 36.3 Å². The van der Waals surface area contributed by atoms with Gasteiger partial charge in [-0.1, -0.05) is 0 Å². The second-order valence-corrected chi connectivity index (χ2v) is 9.18. The van der Waals surface area contributed by atoms with Gasteiger partial charge in [0, 0.05) is 29.3 Å². The van der Waals surface area contributed by atoms with Gasteiger partial charge in [-0.25, -0.2) is 28.7 Å². The fourth-order valence-corrected chi connectivity index (χ4v) is 4.37. The van der Waals surface area contributed by atoms with E-state index in [1.54, 1.807) is 0 Å². The lowest BCUT2D eigenvalue weighted by molar-refractivity contribution is -0.0689. The maximum atomic E-state index is 14.8. The fraction of sp³-hybridized carbons (Fsp3) is 0.400. The molecule has 6 rings (SSSR count). The van der Waals surface area contributed by atoms with Crippen molar-refractivity contribution >= 4 is 11.2 Å². The van der Waals surface area contributed by atoms with Gasteiger partial charge in [-0.2, -0.15) is 5.10 Å². The Morgan fingerprint density at radius 1 is 1.03 bits per heavy atom. The molecule has 1 aromatic carbocycles. The topological polar surface area (TPSA) is 87.8 Å². The summed E-state index contributed by atoms with van der Waals surface area (Å²) in [5.41, 5.74) is 3.54. The maximum Gasteiger partial charge on any atom is 0.182 e. The number of nitrogens with zero attached hydrogens (tertiary/aromatic N) is 6. The number of aryl methyl sites for hydroxylation is 2. The predicted molar refractivity (Wildman–Crippen MR) is 122 cm³/mol. The lowest BCUT2D eigenvalue weighted by Gasteiger charge is -2.18. The van der Waals surface area contributed by atoms with Crippen LogP contribution < -0.4 is 0 Å². The van der Waals surface area contributed by atoms with Gasteiger partial charge in [0.15, 0.2) is 5.65 Å². The molecule has 4 heterocycles. The quantitative estimate of drug-likeness (QED) is 0.419. The lowest BCUT2D eigenvalue weighted by atomic mass is 9.98. The van der Waals surface area contributed by atoms with Crippen LogP contribution in [0.4, 0.5) is 8.78 Å². The van der Waals surface area contributed by atoms with Crippen LogP contribution in [0.25, 0.3) is 22.4 Å².